The molecule has 0 aromatic heterocycles. The highest BCUT2D eigenvalue weighted by atomic mass is 16.5. The fraction of sp³-hybridized carbons (Fsp3) is 0.429. The summed E-state index contributed by atoms with van der Waals surface area (Å²) >= 11 is 0. The van der Waals surface area contributed by atoms with Gasteiger partial charge < -0.3 is 19.5 Å². The molecule has 0 amide bonds. The van der Waals surface area contributed by atoms with Gasteiger partial charge in [0.1, 0.15) is 11.5 Å². The van der Waals surface area contributed by atoms with E-state index in [1.807, 2.05) is 11.9 Å². The van der Waals surface area contributed by atoms with Crippen LogP contribution in [0, 0.1) is 0 Å². The number of hydrogen-bond acceptors (Lipinski definition) is 5. The Balaban J connectivity index is 2.02. The molecule has 140 valence electrons. The zero-order valence-corrected chi connectivity index (χ0v) is 16.3. The SMILES string of the molecule is C=C1C(C)=C(C)C(c2cc(OC)c(CN3CC(O)C3)c(OC)c2)=CN1C. The molecule has 3 rings (SSSR count). The molecule has 1 aromatic carbocycles. The highest BCUT2D eigenvalue weighted by Gasteiger charge is 2.27. The third-order valence-electron chi connectivity index (χ3n) is 5.39. The predicted molar refractivity (Wildman–Crippen MR) is 104 cm³/mol. The average molecular weight is 356 g/mol. The first-order valence-electron chi connectivity index (χ1n) is 8.83. The molecule has 0 radical (unpaired) electrons. The first-order chi connectivity index (χ1) is 12.3. The number of rotatable bonds is 5. The Labute approximate surface area is 155 Å². The number of nitrogens with zero attached hydrogens (tertiary/aromatic N) is 2. The molecule has 0 aliphatic carbocycles. The molecule has 1 N–H and O–H groups in total. The van der Waals surface area contributed by atoms with E-state index in [0.29, 0.717) is 19.6 Å². The Kier molecular flexibility index (Phi) is 5.12. The minimum Gasteiger partial charge on any atom is -0.496 e. The monoisotopic (exact) mass is 356 g/mol. The lowest BCUT2D eigenvalue weighted by atomic mass is 9.91. The summed E-state index contributed by atoms with van der Waals surface area (Å²) in [7, 11) is 5.38. The number of aliphatic hydroxyl groups excluding tert-OH is 1. The Morgan fingerprint density at radius 3 is 2.19 bits per heavy atom. The van der Waals surface area contributed by atoms with Crippen molar-refractivity contribution in [3.63, 3.8) is 0 Å². The van der Waals surface area contributed by atoms with E-state index in [9.17, 15) is 5.11 Å². The van der Waals surface area contributed by atoms with Crippen LogP contribution >= 0.6 is 0 Å². The van der Waals surface area contributed by atoms with Crippen LogP contribution in [0.5, 0.6) is 11.5 Å². The summed E-state index contributed by atoms with van der Waals surface area (Å²) in [5, 5.41) is 9.54. The lowest BCUT2D eigenvalue weighted by Crippen LogP contribution is -2.49. The van der Waals surface area contributed by atoms with Gasteiger partial charge in [-0.25, -0.2) is 0 Å². The number of allylic oxidation sites excluding steroid dienone is 3. The molecular weight excluding hydrogens is 328 g/mol. The number of likely N-dealkylation sites (tertiary alicyclic amines) is 1. The fourth-order valence-electron chi connectivity index (χ4n) is 3.53. The van der Waals surface area contributed by atoms with Crippen molar-refractivity contribution < 1.29 is 14.6 Å². The second kappa shape index (κ2) is 7.17. The topological polar surface area (TPSA) is 45.2 Å². The van der Waals surface area contributed by atoms with Crippen LogP contribution in [0.3, 0.4) is 0 Å². The Morgan fingerprint density at radius 1 is 1.12 bits per heavy atom. The Bertz CT molecular complexity index is 763. The van der Waals surface area contributed by atoms with Gasteiger partial charge >= 0.3 is 0 Å². The lowest BCUT2D eigenvalue weighted by Gasteiger charge is -2.36. The molecule has 2 heterocycles. The highest BCUT2D eigenvalue weighted by Crippen LogP contribution is 2.39. The molecule has 0 bridgehead atoms. The molecule has 0 spiro atoms. The van der Waals surface area contributed by atoms with Crippen molar-refractivity contribution in [3.8, 4) is 11.5 Å². The first kappa shape index (κ1) is 18.5. The third kappa shape index (κ3) is 3.24. The number of methoxy groups -OCH3 is 2. The maximum atomic E-state index is 9.54. The van der Waals surface area contributed by atoms with Crippen molar-refractivity contribution in [1.82, 2.24) is 9.80 Å². The summed E-state index contributed by atoms with van der Waals surface area (Å²) in [5.74, 6) is 1.61. The standard InChI is InChI=1S/C21H28N2O3/c1-13-14(2)18(11-22(4)15(13)3)16-7-20(25-5)19(21(8-16)26-6)12-23-9-17(24)10-23/h7-8,11,17,24H,3,9-10,12H2,1-2,4-6H3. The second-order valence-electron chi connectivity index (χ2n) is 7.06. The van der Waals surface area contributed by atoms with E-state index in [2.05, 4.69) is 43.7 Å². The molecular formula is C21H28N2O3. The van der Waals surface area contributed by atoms with Crippen molar-refractivity contribution in [2.24, 2.45) is 0 Å². The van der Waals surface area contributed by atoms with Gasteiger partial charge in [-0.3, -0.25) is 4.90 Å². The average Bonchev–Trinajstić information content (AvgIpc) is 2.61. The summed E-state index contributed by atoms with van der Waals surface area (Å²) in [4.78, 5) is 4.23. The van der Waals surface area contributed by atoms with E-state index in [-0.39, 0.29) is 6.10 Å². The number of hydrogen-bond donors (Lipinski definition) is 1. The van der Waals surface area contributed by atoms with Crippen molar-refractivity contribution in [1.29, 1.82) is 0 Å². The molecule has 5 heteroatoms. The molecule has 0 saturated carbocycles. The van der Waals surface area contributed by atoms with Crippen molar-refractivity contribution >= 4 is 5.57 Å². The predicted octanol–water partition coefficient (Wildman–Crippen LogP) is 3.02. The van der Waals surface area contributed by atoms with Crippen LogP contribution in [0.15, 0.2) is 41.8 Å². The van der Waals surface area contributed by atoms with Crippen LogP contribution in [-0.4, -0.2) is 55.4 Å². The largest absolute Gasteiger partial charge is 0.496 e. The van der Waals surface area contributed by atoms with Crippen LogP contribution in [0.2, 0.25) is 0 Å². The van der Waals surface area contributed by atoms with E-state index in [1.165, 1.54) is 11.1 Å². The fourth-order valence-corrected chi connectivity index (χ4v) is 3.53. The van der Waals surface area contributed by atoms with Gasteiger partial charge in [0.25, 0.3) is 0 Å². The molecule has 1 saturated heterocycles. The summed E-state index contributed by atoms with van der Waals surface area (Å²) in [6.45, 7) is 10.4. The molecule has 2 aliphatic heterocycles. The van der Waals surface area contributed by atoms with Gasteiger partial charge in [-0.1, -0.05) is 6.58 Å². The minimum absolute atomic E-state index is 0.224. The summed E-state index contributed by atoms with van der Waals surface area (Å²) in [6, 6.07) is 4.14. The number of benzene rings is 1. The molecule has 26 heavy (non-hydrogen) atoms. The van der Waals surface area contributed by atoms with E-state index >= 15 is 0 Å². The zero-order valence-electron chi connectivity index (χ0n) is 16.3. The van der Waals surface area contributed by atoms with Crippen LogP contribution in [0.4, 0.5) is 0 Å². The summed E-state index contributed by atoms with van der Waals surface area (Å²) in [6.07, 6.45) is 1.88. The second-order valence-corrected chi connectivity index (χ2v) is 7.06. The molecule has 1 aromatic rings. The number of β-amino-alcohol motifs (C(OH)–C–C–N with tert-alkyl or cyclic N) is 1. The van der Waals surface area contributed by atoms with Crippen LogP contribution in [0.25, 0.3) is 5.57 Å². The van der Waals surface area contributed by atoms with Crippen LogP contribution < -0.4 is 9.47 Å². The van der Waals surface area contributed by atoms with Gasteiger partial charge in [0.05, 0.1) is 25.9 Å². The number of ether oxygens (including phenoxy) is 2. The van der Waals surface area contributed by atoms with Crippen LogP contribution in [0.1, 0.15) is 25.0 Å². The van der Waals surface area contributed by atoms with Gasteiger partial charge in [-0.2, -0.15) is 0 Å². The van der Waals surface area contributed by atoms with Crippen molar-refractivity contribution in [2.75, 3.05) is 34.4 Å². The van der Waals surface area contributed by atoms with E-state index < -0.39 is 0 Å². The van der Waals surface area contributed by atoms with Gasteiger partial charge in [-0.05, 0) is 42.7 Å². The first-order valence-corrected chi connectivity index (χ1v) is 8.83. The molecule has 1 fully saturated rings. The van der Waals surface area contributed by atoms with Gasteiger partial charge in [0.15, 0.2) is 0 Å². The Hall–Kier alpha value is -2.24. The highest BCUT2D eigenvalue weighted by molar-refractivity contribution is 5.83. The number of likely N-dealkylation sites (N-methyl/N-ethyl adjacent to an activating group) is 1. The number of aliphatic hydroxyl groups is 1. The minimum atomic E-state index is -0.224. The maximum absolute atomic E-state index is 9.54. The van der Waals surface area contributed by atoms with Gasteiger partial charge in [-0.15, -0.1) is 0 Å². The van der Waals surface area contributed by atoms with E-state index in [0.717, 1.165) is 33.9 Å². The van der Waals surface area contributed by atoms with Gasteiger partial charge in [0, 0.05) is 44.2 Å². The van der Waals surface area contributed by atoms with Gasteiger partial charge in [0.2, 0.25) is 0 Å². The molecule has 2 aliphatic rings. The van der Waals surface area contributed by atoms with E-state index in [4.69, 9.17) is 9.47 Å². The van der Waals surface area contributed by atoms with Crippen molar-refractivity contribution in [3.05, 3.63) is 52.9 Å². The quantitative estimate of drug-likeness (QED) is 0.879. The normalized spacial score (nSPS) is 18.8. The maximum Gasteiger partial charge on any atom is 0.127 e. The van der Waals surface area contributed by atoms with Crippen molar-refractivity contribution in [2.45, 2.75) is 26.5 Å². The van der Waals surface area contributed by atoms with Crippen LogP contribution in [-0.2, 0) is 6.54 Å². The third-order valence-corrected chi connectivity index (χ3v) is 5.39. The summed E-state index contributed by atoms with van der Waals surface area (Å²) in [5.41, 5.74) is 6.61. The zero-order chi connectivity index (χ0) is 19.0. The Morgan fingerprint density at radius 2 is 1.69 bits per heavy atom. The lowest BCUT2D eigenvalue weighted by molar-refractivity contribution is -0.00358. The molecule has 0 atom stereocenters. The summed E-state index contributed by atoms with van der Waals surface area (Å²) < 4.78 is 11.4. The smallest absolute Gasteiger partial charge is 0.127 e. The van der Waals surface area contributed by atoms with E-state index in [1.54, 1.807) is 14.2 Å². The molecule has 0 unspecified atom stereocenters. The molecule has 5 nitrogen and oxygen atoms in total.